The molecule has 0 amide bonds. The largest absolute Gasteiger partial charge is 0.396 e. The molecular weight excluding hydrogens is 238 g/mol. The Labute approximate surface area is 105 Å². The molecule has 0 atom stereocenters. The Morgan fingerprint density at radius 1 is 1.44 bits per heavy atom. The third-order valence-corrected chi connectivity index (χ3v) is 2.40. The van der Waals surface area contributed by atoms with E-state index in [1.54, 1.807) is 7.05 Å². The number of nitro groups is 1. The second kappa shape index (κ2) is 5.58. The predicted molar refractivity (Wildman–Crippen MR) is 67.6 cm³/mol. The fourth-order valence-corrected chi connectivity index (χ4v) is 1.24. The molecule has 0 radical (unpaired) electrons. The number of nitrogens with zero attached hydrogens (tertiary/aromatic N) is 3. The highest BCUT2D eigenvalue weighted by Gasteiger charge is 2.24. The summed E-state index contributed by atoms with van der Waals surface area (Å²) in [6, 6.07) is 0. The van der Waals surface area contributed by atoms with Crippen LogP contribution in [0.2, 0.25) is 0 Å². The molecule has 0 bridgehead atoms. The monoisotopic (exact) mass is 255 g/mol. The van der Waals surface area contributed by atoms with E-state index in [-0.39, 0.29) is 23.9 Å². The predicted octanol–water partition coefficient (Wildman–Crippen LogP) is 0.857. The Morgan fingerprint density at radius 3 is 2.56 bits per heavy atom. The van der Waals surface area contributed by atoms with Crippen LogP contribution in [0.1, 0.15) is 13.8 Å². The minimum atomic E-state index is -0.542. The molecule has 0 aromatic carbocycles. The molecule has 3 N–H and O–H groups in total. The summed E-state index contributed by atoms with van der Waals surface area (Å²) >= 11 is 0. The van der Waals surface area contributed by atoms with Crippen LogP contribution >= 0.6 is 0 Å². The first kappa shape index (κ1) is 14.1. The van der Waals surface area contributed by atoms with Crippen molar-refractivity contribution in [1.29, 1.82) is 0 Å². The quantitative estimate of drug-likeness (QED) is 0.510. The number of aromatic nitrogens is 2. The first-order valence-electron chi connectivity index (χ1n) is 5.43. The van der Waals surface area contributed by atoms with E-state index in [4.69, 9.17) is 5.11 Å². The minimum Gasteiger partial charge on any atom is -0.396 e. The van der Waals surface area contributed by atoms with Crippen LogP contribution in [0.25, 0.3) is 0 Å². The highest BCUT2D eigenvalue weighted by molar-refractivity contribution is 5.68. The smallest absolute Gasteiger partial charge is 0.353 e. The highest BCUT2D eigenvalue weighted by atomic mass is 16.6. The van der Waals surface area contributed by atoms with Gasteiger partial charge < -0.3 is 15.7 Å². The van der Waals surface area contributed by atoms with E-state index < -0.39 is 10.3 Å². The number of aliphatic hydroxyl groups excluding tert-OH is 1. The van der Waals surface area contributed by atoms with Gasteiger partial charge in [0.2, 0.25) is 11.6 Å². The van der Waals surface area contributed by atoms with Crippen molar-refractivity contribution >= 4 is 17.3 Å². The van der Waals surface area contributed by atoms with Gasteiger partial charge in [-0.25, -0.2) is 9.97 Å². The molecule has 1 aromatic rings. The molecule has 100 valence electrons. The second-order valence-corrected chi connectivity index (χ2v) is 4.60. The SMILES string of the molecule is CNc1ncnc(NCC(C)(C)CO)c1[N+](=O)[O-]. The van der Waals surface area contributed by atoms with Gasteiger partial charge >= 0.3 is 5.69 Å². The number of nitrogens with one attached hydrogen (secondary N) is 2. The Kier molecular flexibility index (Phi) is 4.38. The summed E-state index contributed by atoms with van der Waals surface area (Å²) in [5.41, 5.74) is -0.590. The van der Waals surface area contributed by atoms with Gasteiger partial charge in [-0.05, 0) is 0 Å². The van der Waals surface area contributed by atoms with Crippen LogP contribution in [-0.4, -0.2) is 40.2 Å². The molecule has 1 heterocycles. The van der Waals surface area contributed by atoms with Gasteiger partial charge in [0.15, 0.2) is 0 Å². The van der Waals surface area contributed by atoms with E-state index in [0.29, 0.717) is 6.54 Å². The van der Waals surface area contributed by atoms with Crippen molar-refractivity contribution in [3.05, 3.63) is 16.4 Å². The minimum absolute atomic E-state index is 0.0300. The molecule has 0 aliphatic rings. The van der Waals surface area contributed by atoms with Crippen LogP contribution in [0.4, 0.5) is 17.3 Å². The number of aliphatic hydroxyl groups is 1. The Balaban J connectivity index is 2.99. The molecule has 0 saturated heterocycles. The second-order valence-electron chi connectivity index (χ2n) is 4.60. The zero-order valence-electron chi connectivity index (χ0n) is 10.6. The molecule has 1 rings (SSSR count). The summed E-state index contributed by atoms with van der Waals surface area (Å²) in [5.74, 6) is 0.292. The molecule has 0 aliphatic carbocycles. The summed E-state index contributed by atoms with van der Waals surface area (Å²) in [6.45, 7) is 4.01. The van der Waals surface area contributed by atoms with Gasteiger partial charge in [-0.2, -0.15) is 0 Å². The topological polar surface area (TPSA) is 113 Å². The van der Waals surface area contributed by atoms with Crippen LogP contribution < -0.4 is 10.6 Å². The molecule has 0 saturated carbocycles. The van der Waals surface area contributed by atoms with E-state index in [1.807, 2.05) is 13.8 Å². The van der Waals surface area contributed by atoms with Crippen molar-refractivity contribution in [2.45, 2.75) is 13.8 Å². The summed E-state index contributed by atoms with van der Waals surface area (Å²) in [4.78, 5) is 18.1. The van der Waals surface area contributed by atoms with Gasteiger partial charge in [0.1, 0.15) is 6.33 Å². The molecule has 0 spiro atoms. The van der Waals surface area contributed by atoms with Gasteiger partial charge in [-0.3, -0.25) is 10.1 Å². The standard InChI is InChI=1S/C10H17N5O3/c1-10(2,5-16)4-12-9-7(15(17)18)8(11-3)13-6-14-9/h6,16H,4-5H2,1-3H3,(H2,11,12,13,14). The van der Waals surface area contributed by atoms with Crippen LogP contribution in [0.3, 0.4) is 0 Å². The highest BCUT2D eigenvalue weighted by Crippen LogP contribution is 2.29. The van der Waals surface area contributed by atoms with Crippen LogP contribution in [0.5, 0.6) is 0 Å². The lowest BCUT2D eigenvalue weighted by Crippen LogP contribution is -2.27. The fraction of sp³-hybridized carbons (Fsp3) is 0.600. The molecular formula is C10H17N5O3. The van der Waals surface area contributed by atoms with Gasteiger partial charge in [-0.1, -0.05) is 13.8 Å². The molecule has 8 nitrogen and oxygen atoms in total. The van der Waals surface area contributed by atoms with E-state index in [9.17, 15) is 10.1 Å². The maximum atomic E-state index is 11.0. The Morgan fingerprint density at radius 2 is 2.06 bits per heavy atom. The van der Waals surface area contributed by atoms with Gasteiger partial charge in [0, 0.05) is 25.6 Å². The van der Waals surface area contributed by atoms with Crippen LogP contribution in [0.15, 0.2) is 6.33 Å². The lowest BCUT2D eigenvalue weighted by atomic mass is 9.95. The van der Waals surface area contributed by atoms with Crippen molar-refractivity contribution in [2.24, 2.45) is 5.41 Å². The number of rotatable bonds is 6. The molecule has 0 aliphatic heterocycles. The van der Waals surface area contributed by atoms with E-state index in [1.165, 1.54) is 6.33 Å². The van der Waals surface area contributed by atoms with Crippen molar-refractivity contribution in [3.63, 3.8) is 0 Å². The fourth-order valence-electron chi connectivity index (χ4n) is 1.24. The summed E-state index contributed by atoms with van der Waals surface area (Å²) in [5, 5.41) is 25.6. The van der Waals surface area contributed by atoms with Crippen molar-refractivity contribution < 1.29 is 10.0 Å². The maximum absolute atomic E-state index is 11.0. The van der Waals surface area contributed by atoms with E-state index in [2.05, 4.69) is 20.6 Å². The van der Waals surface area contributed by atoms with E-state index in [0.717, 1.165) is 0 Å². The van der Waals surface area contributed by atoms with Crippen LogP contribution in [-0.2, 0) is 0 Å². The van der Waals surface area contributed by atoms with Crippen molar-refractivity contribution in [2.75, 3.05) is 30.8 Å². The van der Waals surface area contributed by atoms with Gasteiger partial charge in [0.05, 0.1) is 4.92 Å². The first-order chi connectivity index (χ1) is 8.41. The maximum Gasteiger partial charge on any atom is 0.353 e. The molecule has 0 fully saturated rings. The Hall–Kier alpha value is -1.96. The van der Waals surface area contributed by atoms with Gasteiger partial charge in [0.25, 0.3) is 0 Å². The van der Waals surface area contributed by atoms with Crippen LogP contribution in [0, 0.1) is 15.5 Å². The molecule has 18 heavy (non-hydrogen) atoms. The van der Waals surface area contributed by atoms with E-state index >= 15 is 0 Å². The van der Waals surface area contributed by atoms with Crippen molar-refractivity contribution in [1.82, 2.24) is 9.97 Å². The zero-order chi connectivity index (χ0) is 13.8. The molecule has 1 aromatic heterocycles. The average molecular weight is 255 g/mol. The summed E-state index contributed by atoms with van der Waals surface area (Å²) in [6.07, 6.45) is 1.24. The Bertz CT molecular complexity index is 436. The van der Waals surface area contributed by atoms with Crippen molar-refractivity contribution in [3.8, 4) is 0 Å². The normalized spacial score (nSPS) is 11.1. The molecule has 8 heteroatoms. The number of hydrogen-bond donors (Lipinski definition) is 3. The lowest BCUT2D eigenvalue weighted by Gasteiger charge is -2.22. The first-order valence-corrected chi connectivity index (χ1v) is 5.43. The summed E-state index contributed by atoms with van der Waals surface area (Å²) in [7, 11) is 1.55. The van der Waals surface area contributed by atoms with Gasteiger partial charge in [-0.15, -0.1) is 0 Å². The average Bonchev–Trinajstić information content (AvgIpc) is 2.35. The number of anilines is 2. The molecule has 0 unspecified atom stereocenters. The summed E-state index contributed by atoms with van der Waals surface area (Å²) < 4.78 is 0. The third kappa shape index (κ3) is 3.27. The lowest BCUT2D eigenvalue weighted by molar-refractivity contribution is -0.383. The third-order valence-electron chi connectivity index (χ3n) is 2.40. The number of hydrogen-bond acceptors (Lipinski definition) is 7. The zero-order valence-corrected chi connectivity index (χ0v) is 10.6.